The van der Waals surface area contributed by atoms with Gasteiger partial charge in [-0.05, 0) is 48.9 Å². The minimum Gasteiger partial charge on any atom is -0.378 e. The summed E-state index contributed by atoms with van der Waals surface area (Å²) in [5.74, 6) is 3.33. The Hall–Kier alpha value is -4.30. The number of carbonyl (C=O) groups is 1. The number of nitriles is 1. The summed E-state index contributed by atoms with van der Waals surface area (Å²) in [6.45, 7) is 11.3. The molecule has 5 rings (SSSR count). The second-order valence-electron chi connectivity index (χ2n) is 11.1. The highest BCUT2D eigenvalue weighted by atomic mass is 16.5. The Kier molecular flexibility index (Phi) is 9.44. The molecular weight excluding hydrogens is 530 g/mol. The van der Waals surface area contributed by atoms with Crippen LogP contribution in [0.3, 0.4) is 0 Å². The molecule has 0 bridgehead atoms. The molecule has 4 heterocycles. The fraction of sp³-hybridized carbons (Fsp3) is 0.484. The topological polar surface area (TPSA) is 132 Å². The molecule has 11 nitrogen and oxygen atoms in total. The summed E-state index contributed by atoms with van der Waals surface area (Å²) in [4.78, 5) is 35.5. The molecule has 2 aromatic heterocycles. The van der Waals surface area contributed by atoms with Gasteiger partial charge >= 0.3 is 6.03 Å². The van der Waals surface area contributed by atoms with Crippen molar-refractivity contribution < 1.29 is 9.53 Å². The van der Waals surface area contributed by atoms with Crippen molar-refractivity contribution in [3.05, 3.63) is 53.6 Å². The van der Waals surface area contributed by atoms with Crippen LogP contribution >= 0.6 is 0 Å². The fourth-order valence-electron chi connectivity index (χ4n) is 5.66. The smallest absolute Gasteiger partial charge is 0.319 e. The monoisotopic (exact) mass is 569 g/mol. The van der Waals surface area contributed by atoms with Crippen molar-refractivity contribution in [2.24, 2.45) is 11.8 Å². The van der Waals surface area contributed by atoms with E-state index in [1.807, 2.05) is 24.3 Å². The number of morpholine rings is 1. The number of aromatic nitrogens is 4. The number of amides is 2. The molecule has 0 aliphatic carbocycles. The van der Waals surface area contributed by atoms with Crippen LogP contribution in [-0.4, -0.2) is 65.4 Å². The summed E-state index contributed by atoms with van der Waals surface area (Å²) < 4.78 is 5.60. The Balaban J connectivity index is 1.35. The highest BCUT2D eigenvalue weighted by Crippen LogP contribution is 2.32. The van der Waals surface area contributed by atoms with Gasteiger partial charge in [0.15, 0.2) is 17.3 Å². The summed E-state index contributed by atoms with van der Waals surface area (Å²) in [5, 5.41) is 15.5. The minimum absolute atomic E-state index is 0.207. The molecule has 1 atom stereocenters. The summed E-state index contributed by atoms with van der Waals surface area (Å²) >= 11 is 0. The molecule has 220 valence electrons. The number of hydrogen-bond donors (Lipinski definition) is 2. The zero-order chi connectivity index (χ0) is 29.5. The van der Waals surface area contributed by atoms with E-state index in [-0.39, 0.29) is 6.03 Å². The van der Waals surface area contributed by atoms with E-state index < -0.39 is 0 Å². The Labute approximate surface area is 247 Å². The molecule has 0 radical (unpaired) electrons. The standard InChI is InChI=1S/C31H39N9O2/c1-4-22(21(2)3)9-11-35-31(41)36-24-7-5-23(6-8-24)28-37-27-20-40(30-26(19-32)33-12-13-34-30)14-10-25(27)29(38-28)39-15-17-42-18-16-39/h5-8,12-13,21-22H,4,9-11,14-18,20H2,1-3H3,(H2,35,36,41). The summed E-state index contributed by atoms with van der Waals surface area (Å²) in [5.41, 5.74) is 3.90. The second kappa shape index (κ2) is 13.6. The molecule has 2 N–H and O–H groups in total. The van der Waals surface area contributed by atoms with E-state index in [2.05, 4.69) is 57.2 Å². The maximum atomic E-state index is 12.5. The van der Waals surface area contributed by atoms with Gasteiger partial charge in [-0.3, -0.25) is 0 Å². The Morgan fingerprint density at radius 3 is 2.52 bits per heavy atom. The van der Waals surface area contributed by atoms with Crippen LogP contribution in [0.15, 0.2) is 36.7 Å². The number of benzene rings is 1. The van der Waals surface area contributed by atoms with Crippen LogP contribution in [0.2, 0.25) is 0 Å². The third-order valence-electron chi connectivity index (χ3n) is 8.11. The predicted molar refractivity (Wildman–Crippen MR) is 162 cm³/mol. The molecule has 2 aliphatic rings. The summed E-state index contributed by atoms with van der Waals surface area (Å²) in [6.07, 6.45) is 5.96. The molecular formula is C31H39N9O2. The van der Waals surface area contributed by atoms with Crippen LogP contribution < -0.4 is 20.4 Å². The van der Waals surface area contributed by atoms with Gasteiger partial charge in [0, 0.05) is 55.4 Å². The van der Waals surface area contributed by atoms with Crippen LogP contribution in [0, 0.1) is 23.2 Å². The van der Waals surface area contributed by atoms with Crippen LogP contribution in [0.5, 0.6) is 0 Å². The zero-order valence-corrected chi connectivity index (χ0v) is 24.6. The van der Waals surface area contributed by atoms with Crippen LogP contribution in [0.1, 0.15) is 50.6 Å². The quantitative estimate of drug-likeness (QED) is 0.385. The molecule has 1 saturated heterocycles. The average molecular weight is 570 g/mol. The van der Waals surface area contributed by atoms with Gasteiger partial charge in [0.1, 0.15) is 11.9 Å². The number of anilines is 3. The lowest BCUT2D eigenvalue weighted by molar-refractivity contribution is 0.122. The predicted octanol–water partition coefficient (Wildman–Crippen LogP) is 4.40. The number of hydrogen-bond acceptors (Lipinski definition) is 9. The number of carbonyl (C=O) groups excluding carboxylic acids is 1. The van der Waals surface area contributed by atoms with Gasteiger partial charge in [-0.25, -0.2) is 24.7 Å². The van der Waals surface area contributed by atoms with Gasteiger partial charge in [-0.2, -0.15) is 5.26 Å². The molecule has 1 unspecified atom stereocenters. The van der Waals surface area contributed by atoms with Crippen molar-refractivity contribution in [2.45, 2.75) is 46.6 Å². The molecule has 3 aromatic rings. The maximum absolute atomic E-state index is 12.5. The van der Waals surface area contributed by atoms with E-state index in [0.717, 1.165) is 55.0 Å². The first-order valence-corrected chi connectivity index (χ1v) is 14.8. The molecule has 2 aliphatic heterocycles. The lowest BCUT2D eigenvalue weighted by atomic mass is 9.90. The molecule has 42 heavy (non-hydrogen) atoms. The summed E-state index contributed by atoms with van der Waals surface area (Å²) in [6, 6.07) is 9.57. The van der Waals surface area contributed by atoms with Crippen molar-refractivity contribution in [2.75, 3.05) is 54.5 Å². The minimum atomic E-state index is -0.207. The van der Waals surface area contributed by atoms with Gasteiger partial charge in [0.25, 0.3) is 0 Å². The van der Waals surface area contributed by atoms with Gasteiger partial charge in [0.05, 0.1) is 25.5 Å². The van der Waals surface area contributed by atoms with Gasteiger partial charge in [-0.1, -0.05) is 27.2 Å². The van der Waals surface area contributed by atoms with Crippen LogP contribution in [0.4, 0.5) is 22.1 Å². The molecule has 0 saturated carbocycles. The van der Waals surface area contributed by atoms with Crippen LogP contribution in [0.25, 0.3) is 11.4 Å². The number of urea groups is 1. The Bertz CT molecular complexity index is 1410. The molecule has 11 heteroatoms. The second-order valence-corrected chi connectivity index (χ2v) is 11.1. The van der Waals surface area contributed by atoms with Gasteiger partial charge in [-0.15, -0.1) is 0 Å². The Morgan fingerprint density at radius 1 is 1.05 bits per heavy atom. The van der Waals surface area contributed by atoms with E-state index in [0.29, 0.717) is 67.7 Å². The SMILES string of the molecule is CCC(CCNC(=O)Nc1ccc(-c2nc3c(c(N4CCOCC4)n2)CCN(c2nccnc2C#N)C3)cc1)C(C)C. The molecule has 1 fully saturated rings. The van der Waals surface area contributed by atoms with E-state index in [1.54, 1.807) is 6.20 Å². The maximum Gasteiger partial charge on any atom is 0.319 e. The Morgan fingerprint density at radius 2 is 1.81 bits per heavy atom. The largest absolute Gasteiger partial charge is 0.378 e. The fourth-order valence-corrected chi connectivity index (χ4v) is 5.66. The number of fused-ring (bicyclic) bond motifs is 1. The normalized spacial score (nSPS) is 15.6. The lowest BCUT2D eigenvalue weighted by Crippen LogP contribution is -2.40. The first-order chi connectivity index (χ1) is 20.5. The number of ether oxygens (including phenoxy) is 1. The number of nitrogens with one attached hydrogen (secondary N) is 2. The highest BCUT2D eigenvalue weighted by molar-refractivity contribution is 5.89. The molecule has 1 aromatic carbocycles. The third-order valence-corrected chi connectivity index (χ3v) is 8.11. The highest BCUT2D eigenvalue weighted by Gasteiger charge is 2.28. The van der Waals surface area contributed by atoms with Crippen molar-refractivity contribution in [3.63, 3.8) is 0 Å². The van der Waals surface area contributed by atoms with E-state index in [1.165, 1.54) is 6.20 Å². The van der Waals surface area contributed by atoms with Crippen molar-refractivity contribution in [1.29, 1.82) is 5.26 Å². The summed E-state index contributed by atoms with van der Waals surface area (Å²) in [7, 11) is 0. The lowest BCUT2D eigenvalue weighted by Gasteiger charge is -2.34. The zero-order valence-electron chi connectivity index (χ0n) is 24.6. The average Bonchev–Trinajstić information content (AvgIpc) is 3.03. The van der Waals surface area contributed by atoms with Gasteiger partial charge in [0.2, 0.25) is 0 Å². The third kappa shape index (κ3) is 6.77. The van der Waals surface area contributed by atoms with E-state index >= 15 is 0 Å². The van der Waals surface area contributed by atoms with Gasteiger partial charge < -0.3 is 25.2 Å². The number of nitrogens with zero attached hydrogens (tertiary/aromatic N) is 7. The first-order valence-electron chi connectivity index (χ1n) is 14.8. The van der Waals surface area contributed by atoms with Crippen LogP contribution in [-0.2, 0) is 17.7 Å². The van der Waals surface area contributed by atoms with Crippen molar-refractivity contribution in [1.82, 2.24) is 25.3 Å². The first kappa shape index (κ1) is 29.2. The number of rotatable bonds is 9. The molecule has 0 spiro atoms. The van der Waals surface area contributed by atoms with Crippen molar-refractivity contribution >= 4 is 23.4 Å². The van der Waals surface area contributed by atoms with E-state index in [9.17, 15) is 10.1 Å². The molecule has 2 amide bonds. The van der Waals surface area contributed by atoms with Crippen molar-refractivity contribution in [3.8, 4) is 17.5 Å². The van der Waals surface area contributed by atoms with E-state index in [4.69, 9.17) is 14.7 Å².